The van der Waals surface area contributed by atoms with Gasteiger partial charge in [-0.1, -0.05) is 24.6 Å². The van der Waals surface area contributed by atoms with Gasteiger partial charge < -0.3 is 5.32 Å². The largest absolute Gasteiger partial charge is 0.354 e. The minimum Gasteiger partial charge on any atom is -0.354 e. The van der Waals surface area contributed by atoms with Crippen molar-refractivity contribution in [3.8, 4) is 0 Å². The van der Waals surface area contributed by atoms with Crippen molar-refractivity contribution in [1.82, 2.24) is 15.2 Å². The van der Waals surface area contributed by atoms with Crippen molar-refractivity contribution in [1.29, 1.82) is 0 Å². The first-order valence-corrected chi connectivity index (χ1v) is 11.2. The van der Waals surface area contributed by atoms with Gasteiger partial charge in [-0.2, -0.15) is 0 Å². The molecular formula is C21H25N3OS2. The third-order valence-corrected chi connectivity index (χ3v) is 7.46. The molecular weight excluding hydrogens is 374 g/mol. The van der Waals surface area contributed by atoms with Crippen LogP contribution in [0, 0.1) is 6.92 Å². The van der Waals surface area contributed by atoms with Gasteiger partial charge in [-0.05, 0) is 49.7 Å². The Bertz CT molecular complexity index is 946. The highest BCUT2D eigenvalue weighted by Crippen LogP contribution is 2.34. The fraction of sp³-hybridized carbons (Fsp3) is 0.429. The molecule has 1 N–H and O–H groups in total. The van der Waals surface area contributed by atoms with Crippen molar-refractivity contribution in [2.75, 3.05) is 13.6 Å². The first kappa shape index (κ1) is 18.6. The van der Waals surface area contributed by atoms with Crippen LogP contribution >= 0.6 is 22.7 Å². The highest BCUT2D eigenvalue weighted by atomic mass is 32.1. The number of likely N-dealkylation sites (tertiary alicyclic amines) is 1. The molecule has 1 fully saturated rings. The van der Waals surface area contributed by atoms with Crippen molar-refractivity contribution in [3.63, 3.8) is 0 Å². The number of benzene rings is 1. The van der Waals surface area contributed by atoms with Crippen LogP contribution in [0.25, 0.3) is 10.1 Å². The number of carbonyl (C=O) groups is 1. The maximum Gasteiger partial charge on any atom is 0.261 e. The topological polar surface area (TPSA) is 45.2 Å². The number of aromatic nitrogens is 1. The lowest BCUT2D eigenvalue weighted by Crippen LogP contribution is -2.40. The van der Waals surface area contributed by atoms with Crippen LogP contribution in [0.1, 0.15) is 44.4 Å². The van der Waals surface area contributed by atoms with E-state index in [0.717, 1.165) is 29.4 Å². The van der Waals surface area contributed by atoms with E-state index in [1.807, 2.05) is 6.20 Å². The molecule has 1 saturated heterocycles. The second kappa shape index (κ2) is 8.09. The Balaban J connectivity index is 1.63. The average Bonchev–Trinajstić information content (AvgIpc) is 3.26. The Morgan fingerprint density at radius 2 is 2.15 bits per heavy atom. The Morgan fingerprint density at radius 1 is 1.30 bits per heavy atom. The Labute approximate surface area is 168 Å². The van der Waals surface area contributed by atoms with E-state index in [1.165, 1.54) is 39.8 Å². The molecule has 0 aliphatic carbocycles. The number of hydrogen-bond acceptors (Lipinski definition) is 5. The summed E-state index contributed by atoms with van der Waals surface area (Å²) in [5.41, 5.74) is 1.22. The Morgan fingerprint density at radius 3 is 2.93 bits per heavy atom. The Kier molecular flexibility index (Phi) is 5.57. The van der Waals surface area contributed by atoms with Gasteiger partial charge in [0.25, 0.3) is 5.91 Å². The number of rotatable bonds is 5. The van der Waals surface area contributed by atoms with Gasteiger partial charge in [0.15, 0.2) is 0 Å². The standard InChI is InChI=1S/C21H25N3OS2/c1-14-23-12-16(26-14)13-24-10-6-5-7-15(24)11-18-17-8-3-4-9-19(17)27-20(18)21(25)22-2/h3-4,8-9,12,15H,5-7,10-11,13H2,1-2H3,(H,22,25)/t15-/m0/s1. The van der Waals surface area contributed by atoms with E-state index in [0.29, 0.717) is 6.04 Å². The SMILES string of the molecule is CNC(=O)c1sc2ccccc2c1C[C@@H]1CCCCN1Cc1cnc(C)s1. The molecule has 0 saturated carbocycles. The van der Waals surface area contributed by atoms with Gasteiger partial charge in [0.05, 0.1) is 9.88 Å². The molecule has 4 nitrogen and oxygen atoms in total. The van der Waals surface area contributed by atoms with Crippen LogP contribution in [0.5, 0.6) is 0 Å². The van der Waals surface area contributed by atoms with Crippen molar-refractivity contribution in [3.05, 3.63) is 50.8 Å². The summed E-state index contributed by atoms with van der Waals surface area (Å²) in [6.07, 6.45) is 6.66. The lowest BCUT2D eigenvalue weighted by molar-refractivity contribution is 0.0964. The van der Waals surface area contributed by atoms with E-state index in [1.54, 1.807) is 29.7 Å². The quantitative estimate of drug-likeness (QED) is 0.681. The van der Waals surface area contributed by atoms with Crippen LogP contribution in [0.4, 0.5) is 0 Å². The van der Waals surface area contributed by atoms with Gasteiger partial charge in [0.1, 0.15) is 0 Å². The van der Waals surface area contributed by atoms with Crippen LogP contribution in [-0.4, -0.2) is 35.4 Å². The van der Waals surface area contributed by atoms with E-state index in [9.17, 15) is 4.79 Å². The molecule has 27 heavy (non-hydrogen) atoms. The third-order valence-electron chi connectivity index (χ3n) is 5.35. The molecule has 1 amide bonds. The van der Waals surface area contributed by atoms with E-state index >= 15 is 0 Å². The molecule has 0 radical (unpaired) electrons. The van der Waals surface area contributed by atoms with Crippen molar-refractivity contribution < 1.29 is 4.79 Å². The summed E-state index contributed by atoms with van der Waals surface area (Å²) in [4.78, 5) is 21.7. The lowest BCUT2D eigenvalue weighted by Gasteiger charge is -2.35. The van der Waals surface area contributed by atoms with E-state index < -0.39 is 0 Å². The number of amides is 1. The van der Waals surface area contributed by atoms with Crippen molar-refractivity contribution >= 4 is 38.7 Å². The summed E-state index contributed by atoms with van der Waals surface area (Å²) in [6, 6.07) is 8.88. The fourth-order valence-electron chi connectivity index (χ4n) is 4.01. The first-order valence-electron chi connectivity index (χ1n) is 9.53. The number of piperidine rings is 1. The van der Waals surface area contributed by atoms with Gasteiger partial charge in [-0.15, -0.1) is 22.7 Å². The van der Waals surface area contributed by atoms with Crippen LogP contribution < -0.4 is 5.32 Å². The van der Waals surface area contributed by atoms with Crippen LogP contribution in [0.15, 0.2) is 30.5 Å². The molecule has 142 valence electrons. The third kappa shape index (κ3) is 3.93. The fourth-order valence-corrected chi connectivity index (χ4v) is 6.01. The molecule has 3 aromatic rings. The maximum atomic E-state index is 12.5. The minimum atomic E-state index is 0.0339. The zero-order chi connectivity index (χ0) is 18.8. The number of thiophene rings is 1. The number of thiazole rings is 1. The van der Waals surface area contributed by atoms with Crippen molar-refractivity contribution in [2.24, 2.45) is 0 Å². The first-order chi connectivity index (χ1) is 13.2. The number of nitrogens with zero attached hydrogens (tertiary/aromatic N) is 2. The molecule has 1 aliphatic heterocycles. The summed E-state index contributed by atoms with van der Waals surface area (Å²) in [6.45, 7) is 4.15. The zero-order valence-corrected chi connectivity index (χ0v) is 17.5. The minimum absolute atomic E-state index is 0.0339. The van der Waals surface area contributed by atoms with E-state index in [2.05, 4.69) is 46.4 Å². The summed E-state index contributed by atoms with van der Waals surface area (Å²) < 4.78 is 1.20. The molecule has 1 aliphatic rings. The van der Waals surface area contributed by atoms with Gasteiger partial charge in [-0.3, -0.25) is 9.69 Å². The molecule has 2 aromatic heterocycles. The molecule has 0 unspecified atom stereocenters. The molecule has 4 rings (SSSR count). The van der Waals surface area contributed by atoms with Gasteiger partial charge in [-0.25, -0.2) is 4.98 Å². The molecule has 6 heteroatoms. The maximum absolute atomic E-state index is 12.5. The lowest BCUT2D eigenvalue weighted by atomic mass is 9.94. The highest BCUT2D eigenvalue weighted by molar-refractivity contribution is 7.21. The number of carbonyl (C=O) groups excluding carboxylic acids is 1. The number of nitrogens with one attached hydrogen (secondary N) is 1. The number of fused-ring (bicyclic) bond motifs is 1. The summed E-state index contributed by atoms with van der Waals surface area (Å²) in [5, 5.41) is 5.19. The second-order valence-corrected chi connectivity index (χ2v) is 9.53. The van der Waals surface area contributed by atoms with E-state index in [4.69, 9.17) is 0 Å². The Hall–Kier alpha value is -1.76. The molecule has 0 bridgehead atoms. The van der Waals surface area contributed by atoms with Gasteiger partial charge in [0, 0.05) is 35.4 Å². The second-order valence-electron chi connectivity index (χ2n) is 7.15. The summed E-state index contributed by atoms with van der Waals surface area (Å²) in [5.74, 6) is 0.0339. The van der Waals surface area contributed by atoms with Gasteiger partial charge >= 0.3 is 0 Å². The average molecular weight is 400 g/mol. The predicted octanol–water partition coefficient (Wildman–Crippen LogP) is 4.62. The molecule has 0 spiro atoms. The molecule has 1 atom stereocenters. The van der Waals surface area contributed by atoms with Gasteiger partial charge in [0.2, 0.25) is 0 Å². The monoisotopic (exact) mass is 399 g/mol. The molecule has 3 heterocycles. The normalized spacial score (nSPS) is 18.1. The number of aryl methyl sites for hydroxylation is 1. The van der Waals surface area contributed by atoms with Crippen molar-refractivity contribution in [2.45, 2.75) is 45.2 Å². The number of hydrogen-bond donors (Lipinski definition) is 1. The summed E-state index contributed by atoms with van der Waals surface area (Å²) in [7, 11) is 1.72. The smallest absolute Gasteiger partial charge is 0.261 e. The predicted molar refractivity (Wildman–Crippen MR) is 114 cm³/mol. The zero-order valence-electron chi connectivity index (χ0n) is 15.8. The van der Waals surface area contributed by atoms with Crippen LogP contribution in [-0.2, 0) is 13.0 Å². The van der Waals surface area contributed by atoms with Crippen LogP contribution in [0.2, 0.25) is 0 Å². The highest BCUT2D eigenvalue weighted by Gasteiger charge is 2.27. The van der Waals surface area contributed by atoms with Crippen LogP contribution in [0.3, 0.4) is 0 Å². The summed E-state index contributed by atoms with van der Waals surface area (Å²) >= 11 is 3.41. The molecule has 1 aromatic carbocycles. The van der Waals surface area contributed by atoms with E-state index in [-0.39, 0.29) is 5.91 Å².